The molecule has 0 aliphatic carbocycles. The fourth-order valence-electron chi connectivity index (χ4n) is 2.14. The molecule has 0 fully saturated rings. The van der Waals surface area contributed by atoms with Crippen LogP contribution in [-0.4, -0.2) is 24.8 Å². The smallest absolute Gasteiger partial charge is 0.346 e. The van der Waals surface area contributed by atoms with Gasteiger partial charge in [0.2, 0.25) is 5.88 Å². The van der Waals surface area contributed by atoms with Crippen molar-refractivity contribution >= 4 is 44.9 Å². The molecule has 1 aromatic heterocycles. The van der Waals surface area contributed by atoms with E-state index >= 15 is 0 Å². The zero-order chi connectivity index (χ0) is 16.8. The maximum atomic E-state index is 12.5. The first kappa shape index (κ1) is 16.7. The van der Waals surface area contributed by atoms with E-state index in [1.54, 1.807) is 0 Å². The van der Waals surface area contributed by atoms with Crippen molar-refractivity contribution in [2.75, 3.05) is 6.61 Å². The van der Waals surface area contributed by atoms with E-state index in [-0.39, 0.29) is 37.5 Å². The summed E-state index contributed by atoms with van der Waals surface area (Å²) in [5, 5.41) is 4.26. The summed E-state index contributed by atoms with van der Waals surface area (Å²) >= 11 is 17.7. The molecule has 0 spiro atoms. The minimum Gasteiger partial charge on any atom is -0.476 e. The van der Waals surface area contributed by atoms with Crippen LogP contribution in [0.1, 0.15) is 6.92 Å². The van der Waals surface area contributed by atoms with Crippen LogP contribution in [0.3, 0.4) is 0 Å². The Labute approximate surface area is 148 Å². The SMILES string of the molecule is C[C@H]1COc2c(S(=O)(=O)Oc3c(Cl)cc(Cl)cc3Cl)cnn2C1. The highest BCUT2D eigenvalue weighted by molar-refractivity contribution is 7.87. The number of nitrogens with zero attached hydrogens (tertiary/aromatic N) is 2. The van der Waals surface area contributed by atoms with Gasteiger partial charge in [-0.15, -0.1) is 0 Å². The van der Waals surface area contributed by atoms with Crippen LogP contribution in [0.5, 0.6) is 11.6 Å². The van der Waals surface area contributed by atoms with Crippen molar-refractivity contribution in [1.82, 2.24) is 9.78 Å². The number of benzene rings is 1. The molecule has 1 atom stereocenters. The molecule has 6 nitrogen and oxygen atoms in total. The van der Waals surface area contributed by atoms with Gasteiger partial charge in [0.1, 0.15) is 0 Å². The summed E-state index contributed by atoms with van der Waals surface area (Å²) in [6, 6.07) is 2.68. The van der Waals surface area contributed by atoms with Crippen molar-refractivity contribution in [2.24, 2.45) is 5.92 Å². The number of rotatable bonds is 3. The predicted molar refractivity (Wildman–Crippen MR) is 86.2 cm³/mol. The first-order chi connectivity index (χ1) is 10.8. The van der Waals surface area contributed by atoms with Gasteiger partial charge in [-0.2, -0.15) is 13.5 Å². The molecule has 0 radical (unpaired) electrons. The van der Waals surface area contributed by atoms with Crippen LogP contribution in [0.2, 0.25) is 15.1 Å². The van der Waals surface area contributed by atoms with Crippen LogP contribution in [0.15, 0.2) is 23.2 Å². The third kappa shape index (κ3) is 3.24. The predicted octanol–water partition coefficient (Wildman–Crippen LogP) is 3.64. The van der Waals surface area contributed by atoms with Gasteiger partial charge >= 0.3 is 10.1 Å². The maximum absolute atomic E-state index is 12.5. The molecule has 23 heavy (non-hydrogen) atoms. The standard InChI is InChI=1S/C13H11Cl3N2O4S/c1-7-5-18-13(21-6-7)11(4-17-18)23(19,20)22-12-9(15)2-8(14)3-10(12)16/h2-4,7H,5-6H2,1H3/t7-/m1/s1. The Morgan fingerprint density at radius 3 is 2.61 bits per heavy atom. The van der Waals surface area contributed by atoms with Gasteiger partial charge in [0.05, 0.1) is 29.4 Å². The summed E-state index contributed by atoms with van der Waals surface area (Å²) in [4.78, 5) is -0.175. The van der Waals surface area contributed by atoms with Gasteiger partial charge in [-0.25, -0.2) is 4.68 Å². The van der Waals surface area contributed by atoms with Gasteiger partial charge in [-0.3, -0.25) is 0 Å². The lowest BCUT2D eigenvalue weighted by molar-refractivity contribution is 0.170. The van der Waals surface area contributed by atoms with E-state index in [9.17, 15) is 8.42 Å². The normalized spacial score (nSPS) is 17.5. The van der Waals surface area contributed by atoms with Gasteiger partial charge in [0.15, 0.2) is 10.6 Å². The first-order valence-corrected chi connectivity index (χ1v) is 9.10. The Hall–Kier alpha value is -1.15. The molecule has 1 aliphatic heterocycles. The fraction of sp³-hybridized carbons (Fsp3) is 0.308. The molecule has 2 heterocycles. The summed E-state index contributed by atoms with van der Waals surface area (Å²) in [5.74, 6) is 0.185. The third-order valence-corrected chi connectivity index (χ3v) is 5.16. The highest BCUT2D eigenvalue weighted by Gasteiger charge is 2.31. The second-order valence-electron chi connectivity index (χ2n) is 5.15. The van der Waals surface area contributed by atoms with E-state index in [4.69, 9.17) is 43.7 Å². The summed E-state index contributed by atoms with van der Waals surface area (Å²) in [7, 11) is -4.21. The lowest BCUT2D eigenvalue weighted by atomic mass is 10.2. The zero-order valence-corrected chi connectivity index (χ0v) is 14.9. The molecular weight excluding hydrogens is 387 g/mol. The van der Waals surface area contributed by atoms with Gasteiger partial charge in [-0.1, -0.05) is 41.7 Å². The van der Waals surface area contributed by atoms with Crippen LogP contribution < -0.4 is 8.92 Å². The average Bonchev–Trinajstić information content (AvgIpc) is 2.86. The molecule has 0 saturated carbocycles. The van der Waals surface area contributed by atoms with E-state index in [0.29, 0.717) is 13.2 Å². The summed E-state index contributed by atoms with van der Waals surface area (Å²) < 4.78 is 37.0. The van der Waals surface area contributed by atoms with Crippen molar-refractivity contribution in [3.63, 3.8) is 0 Å². The lowest BCUT2D eigenvalue weighted by Gasteiger charge is -2.21. The zero-order valence-electron chi connectivity index (χ0n) is 11.8. The summed E-state index contributed by atoms with van der Waals surface area (Å²) in [6.45, 7) is 2.94. The van der Waals surface area contributed by atoms with Crippen molar-refractivity contribution in [3.05, 3.63) is 33.4 Å². The van der Waals surface area contributed by atoms with E-state index in [0.717, 1.165) is 0 Å². The van der Waals surface area contributed by atoms with Crippen LogP contribution in [-0.2, 0) is 16.7 Å². The minimum atomic E-state index is -4.21. The summed E-state index contributed by atoms with van der Waals surface area (Å²) in [5.41, 5.74) is 0. The molecule has 3 rings (SSSR count). The number of hydrogen-bond acceptors (Lipinski definition) is 5. The van der Waals surface area contributed by atoms with Gasteiger partial charge in [0.25, 0.3) is 0 Å². The summed E-state index contributed by atoms with van der Waals surface area (Å²) in [6.07, 6.45) is 1.18. The molecular formula is C13H11Cl3N2O4S. The number of halogens is 3. The Morgan fingerprint density at radius 2 is 1.96 bits per heavy atom. The molecule has 124 valence electrons. The van der Waals surface area contributed by atoms with Gasteiger partial charge in [-0.05, 0) is 12.1 Å². The Bertz CT molecular complexity index is 843. The van der Waals surface area contributed by atoms with E-state index < -0.39 is 10.1 Å². The number of hydrogen-bond donors (Lipinski definition) is 0. The topological polar surface area (TPSA) is 70.4 Å². The molecule has 0 amide bonds. The van der Waals surface area contributed by atoms with Crippen LogP contribution >= 0.6 is 34.8 Å². The van der Waals surface area contributed by atoms with E-state index in [2.05, 4.69) is 5.10 Å². The third-order valence-electron chi connectivity index (χ3n) is 3.17. The van der Waals surface area contributed by atoms with Gasteiger partial charge < -0.3 is 8.92 Å². The largest absolute Gasteiger partial charge is 0.476 e. The average molecular weight is 398 g/mol. The Balaban J connectivity index is 1.98. The Morgan fingerprint density at radius 1 is 1.30 bits per heavy atom. The van der Waals surface area contributed by atoms with Crippen molar-refractivity contribution < 1.29 is 17.3 Å². The first-order valence-electron chi connectivity index (χ1n) is 6.55. The van der Waals surface area contributed by atoms with Crippen molar-refractivity contribution in [3.8, 4) is 11.6 Å². The monoisotopic (exact) mass is 396 g/mol. The number of ether oxygens (including phenoxy) is 1. The van der Waals surface area contributed by atoms with Crippen LogP contribution in [0, 0.1) is 5.92 Å². The number of fused-ring (bicyclic) bond motifs is 1. The highest BCUT2D eigenvalue weighted by atomic mass is 35.5. The molecule has 1 aliphatic rings. The van der Waals surface area contributed by atoms with Crippen LogP contribution in [0.25, 0.3) is 0 Å². The van der Waals surface area contributed by atoms with E-state index in [1.165, 1.54) is 23.0 Å². The molecule has 0 saturated heterocycles. The van der Waals surface area contributed by atoms with Crippen molar-refractivity contribution in [2.45, 2.75) is 18.4 Å². The Kier molecular flexibility index (Phi) is 4.39. The molecule has 0 unspecified atom stereocenters. The van der Waals surface area contributed by atoms with Crippen molar-refractivity contribution in [1.29, 1.82) is 0 Å². The van der Waals surface area contributed by atoms with E-state index in [1.807, 2.05) is 6.92 Å². The molecule has 2 aromatic rings. The lowest BCUT2D eigenvalue weighted by Crippen LogP contribution is -2.24. The molecule has 1 aromatic carbocycles. The molecule has 0 bridgehead atoms. The minimum absolute atomic E-state index is 0.0124. The maximum Gasteiger partial charge on any atom is 0.346 e. The second-order valence-corrected chi connectivity index (χ2v) is 7.91. The fourth-order valence-corrected chi connectivity index (χ4v) is 4.17. The number of aromatic nitrogens is 2. The molecule has 0 N–H and O–H groups in total. The van der Waals surface area contributed by atoms with Gasteiger partial charge in [0, 0.05) is 10.9 Å². The quantitative estimate of drug-likeness (QED) is 0.740. The molecule has 10 heteroatoms. The highest BCUT2D eigenvalue weighted by Crippen LogP contribution is 2.38. The van der Waals surface area contributed by atoms with Crippen LogP contribution in [0.4, 0.5) is 0 Å². The second kappa shape index (κ2) is 6.05.